The summed E-state index contributed by atoms with van der Waals surface area (Å²) < 4.78 is 16.6. The number of methoxy groups -OCH3 is 1. The van der Waals surface area contributed by atoms with Crippen LogP contribution in [0.25, 0.3) is 0 Å². The molecule has 0 aromatic heterocycles. The average Bonchev–Trinajstić information content (AvgIpc) is 2.31. The largest absolute Gasteiger partial charge is 0.383 e. The first-order chi connectivity index (χ1) is 8.51. The van der Waals surface area contributed by atoms with Crippen molar-refractivity contribution in [3.63, 3.8) is 0 Å². The first kappa shape index (κ1) is 17.8. The van der Waals surface area contributed by atoms with Crippen molar-refractivity contribution < 1.29 is 14.2 Å². The number of nitrogens with zero attached hydrogens (tertiary/aromatic N) is 1. The Morgan fingerprint density at radius 2 is 1.44 bits per heavy atom. The second-order valence-corrected chi connectivity index (χ2v) is 5.04. The summed E-state index contributed by atoms with van der Waals surface area (Å²) in [5.41, 5.74) is 0. The van der Waals surface area contributed by atoms with Crippen LogP contribution in [0.5, 0.6) is 0 Å². The Morgan fingerprint density at radius 1 is 0.944 bits per heavy atom. The SMILES string of the molecule is CCN(CCOC)C(COC(C)C)COC(C)C. The molecule has 4 heteroatoms. The van der Waals surface area contributed by atoms with Crippen molar-refractivity contribution in [3.05, 3.63) is 0 Å². The molecule has 0 rings (SSSR count). The fourth-order valence-electron chi connectivity index (χ4n) is 1.67. The third kappa shape index (κ3) is 8.86. The molecule has 0 bridgehead atoms. The number of likely N-dealkylation sites (N-methyl/N-ethyl adjacent to an activating group) is 1. The minimum Gasteiger partial charge on any atom is -0.383 e. The second kappa shape index (κ2) is 10.7. The standard InChI is InChI=1S/C14H31NO3/c1-7-15(8-9-16-6)14(10-17-12(2)3)11-18-13(4)5/h12-14H,7-11H2,1-6H3. The maximum Gasteiger partial charge on any atom is 0.0647 e. The number of hydrogen-bond donors (Lipinski definition) is 0. The van der Waals surface area contributed by atoms with E-state index in [1.807, 2.05) is 0 Å². The van der Waals surface area contributed by atoms with Crippen molar-refractivity contribution in [2.45, 2.75) is 52.9 Å². The minimum atomic E-state index is 0.257. The highest BCUT2D eigenvalue weighted by Crippen LogP contribution is 2.05. The van der Waals surface area contributed by atoms with Gasteiger partial charge in [0.15, 0.2) is 0 Å². The molecule has 0 amide bonds. The summed E-state index contributed by atoms with van der Waals surface area (Å²) in [6, 6.07) is 0.301. The summed E-state index contributed by atoms with van der Waals surface area (Å²) in [6.45, 7) is 14.5. The Hall–Kier alpha value is -0.160. The molecule has 0 aliphatic carbocycles. The fraction of sp³-hybridized carbons (Fsp3) is 1.00. The average molecular weight is 261 g/mol. The molecule has 0 aromatic rings. The molecule has 0 aliphatic heterocycles. The number of hydrogen-bond acceptors (Lipinski definition) is 4. The van der Waals surface area contributed by atoms with Gasteiger partial charge < -0.3 is 14.2 Å². The highest BCUT2D eigenvalue weighted by atomic mass is 16.5. The van der Waals surface area contributed by atoms with E-state index in [1.54, 1.807) is 7.11 Å². The van der Waals surface area contributed by atoms with Gasteiger partial charge in [-0.15, -0.1) is 0 Å². The van der Waals surface area contributed by atoms with Gasteiger partial charge in [0, 0.05) is 13.7 Å². The van der Waals surface area contributed by atoms with Gasteiger partial charge in [-0.05, 0) is 34.2 Å². The van der Waals surface area contributed by atoms with Gasteiger partial charge in [0.1, 0.15) is 0 Å². The van der Waals surface area contributed by atoms with Crippen LogP contribution >= 0.6 is 0 Å². The number of ether oxygens (including phenoxy) is 3. The highest BCUT2D eigenvalue weighted by molar-refractivity contribution is 4.71. The Kier molecular flexibility index (Phi) is 10.6. The smallest absolute Gasteiger partial charge is 0.0647 e. The lowest BCUT2D eigenvalue weighted by molar-refractivity contribution is -0.0313. The lowest BCUT2D eigenvalue weighted by atomic mass is 10.2. The zero-order valence-corrected chi connectivity index (χ0v) is 12.9. The van der Waals surface area contributed by atoms with Gasteiger partial charge in [-0.25, -0.2) is 0 Å². The molecular formula is C14H31NO3. The first-order valence-electron chi connectivity index (χ1n) is 6.97. The lowest BCUT2D eigenvalue weighted by Crippen LogP contribution is -2.44. The van der Waals surface area contributed by atoms with Crippen molar-refractivity contribution in [3.8, 4) is 0 Å². The quantitative estimate of drug-likeness (QED) is 0.570. The maximum absolute atomic E-state index is 5.74. The molecule has 0 spiro atoms. The van der Waals surface area contributed by atoms with E-state index in [2.05, 4.69) is 39.5 Å². The first-order valence-corrected chi connectivity index (χ1v) is 6.97. The number of rotatable bonds is 11. The topological polar surface area (TPSA) is 30.9 Å². The van der Waals surface area contributed by atoms with E-state index in [4.69, 9.17) is 14.2 Å². The Labute approximate surface area is 113 Å². The third-order valence-corrected chi connectivity index (χ3v) is 2.75. The zero-order chi connectivity index (χ0) is 14.0. The van der Waals surface area contributed by atoms with Gasteiger partial charge in [-0.3, -0.25) is 4.90 Å². The van der Waals surface area contributed by atoms with E-state index in [0.717, 1.165) is 19.7 Å². The van der Waals surface area contributed by atoms with Crippen LogP contribution in [0.2, 0.25) is 0 Å². The molecule has 0 radical (unpaired) electrons. The Balaban J connectivity index is 4.28. The van der Waals surface area contributed by atoms with Gasteiger partial charge in [-0.2, -0.15) is 0 Å². The van der Waals surface area contributed by atoms with Crippen molar-refractivity contribution in [1.29, 1.82) is 0 Å². The molecule has 0 fully saturated rings. The molecular weight excluding hydrogens is 230 g/mol. The summed E-state index contributed by atoms with van der Waals surface area (Å²) in [4.78, 5) is 2.36. The highest BCUT2D eigenvalue weighted by Gasteiger charge is 2.18. The summed E-state index contributed by atoms with van der Waals surface area (Å²) in [7, 11) is 1.73. The van der Waals surface area contributed by atoms with Crippen molar-refractivity contribution in [2.75, 3.05) is 40.0 Å². The van der Waals surface area contributed by atoms with Crippen molar-refractivity contribution in [2.24, 2.45) is 0 Å². The molecule has 18 heavy (non-hydrogen) atoms. The molecule has 0 N–H and O–H groups in total. The van der Waals surface area contributed by atoms with Crippen molar-refractivity contribution >= 4 is 0 Å². The maximum atomic E-state index is 5.74. The van der Waals surface area contributed by atoms with Gasteiger partial charge in [-0.1, -0.05) is 6.92 Å². The van der Waals surface area contributed by atoms with Gasteiger partial charge in [0.2, 0.25) is 0 Å². The fourth-order valence-corrected chi connectivity index (χ4v) is 1.67. The van der Waals surface area contributed by atoms with E-state index >= 15 is 0 Å². The molecule has 0 unspecified atom stereocenters. The summed E-state index contributed by atoms with van der Waals surface area (Å²) >= 11 is 0. The van der Waals surface area contributed by atoms with Gasteiger partial charge in [0.05, 0.1) is 38.1 Å². The van der Waals surface area contributed by atoms with Crippen LogP contribution in [0.3, 0.4) is 0 Å². The molecule has 110 valence electrons. The monoisotopic (exact) mass is 261 g/mol. The predicted molar refractivity (Wildman–Crippen MR) is 75.1 cm³/mol. The Bertz CT molecular complexity index is 174. The zero-order valence-electron chi connectivity index (χ0n) is 12.9. The predicted octanol–water partition coefficient (Wildman–Crippen LogP) is 2.17. The molecule has 0 saturated heterocycles. The molecule has 0 aliphatic rings. The Morgan fingerprint density at radius 3 is 1.78 bits per heavy atom. The molecule has 4 nitrogen and oxygen atoms in total. The van der Waals surface area contributed by atoms with Crippen LogP contribution in [0.4, 0.5) is 0 Å². The summed E-state index contributed by atoms with van der Waals surface area (Å²) in [5, 5.41) is 0. The molecule has 0 heterocycles. The molecule has 0 atom stereocenters. The van der Waals surface area contributed by atoms with E-state index < -0.39 is 0 Å². The van der Waals surface area contributed by atoms with Crippen LogP contribution in [-0.4, -0.2) is 63.2 Å². The van der Waals surface area contributed by atoms with E-state index in [0.29, 0.717) is 19.3 Å². The molecule has 0 aromatic carbocycles. The normalized spacial score (nSPS) is 12.3. The van der Waals surface area contributed by atoms with Crippen LogP contribution in [0.15, 0.2) is 0 Å². The minimum absolute atomic E-state index is 0.257. The van der Waals surface area contributed by atoms with Crippen LogP contribution < -0.4 is 0 Å². The van der Waals surface area contributed by atoms with Crippen LogP contribution in [0, 0.1) is 0 Å². The van der Waals surface area contributed by atoms with Crippen LogP contribution in [-0.2, 0) is 14.2 Å². The summed E-state index contributed by atoms with van der Waals surface area (Å²) in [6.07, 6.45) is 0.514. The van der Waals surface area contributed by atoms with Gasteiger partial charge in [0.25, 0.3) is 0 Å². The molecule has 0 saturated carbocycles. The second-order valence-electron chi connectivity index (χ2n) is 5.04. The third-order valence-electron chi connectivity index (χ3n) is 2.75. The van der Waals surface area contributed by atoms with Gasteiger partial charge >= 0.3 is 0 Å². The lowest BCUT2D eigenvalue weighted by Gasteiger charge is -2.31. The van der Waals surface area contributed by atoms with E-state index in [1.165, 1.54) is 0 Å². The van der Waals surface area contributed by atoms with Crippen molar-refractivity contribution in [1.82, 2.24) is 4.90 Å². The summed E-state index contributed by atoms with van der Waals surface area (Å²) in [5.74, 6) is 0. The van der Waals surface area contributed by atoms with E-state index in [-0.39, 0.29) is 12.2 Å². The van der Waals surface area contributed by atoms with Crippen LogP contribution in [0.1, 0.15) is 34.6 Å². The van der Waals surface area contributed by atoms with E-state index in [9.17, 15) is 0 Å².